The number of hydrogen-bond acceptors (Lipinski definition) is 8. The molecule has 3 aliphatic heterocycles. The van der Waals surface area contributed by atoms with Crippen LogP contribution in [0.25, 0.3) is 11.1 Å². The molecular weight excluding hydrogens is 606 g/mol. The highest BCUT2D eigenvalue weighted by Gasteiger charge is 2.43. The molecule has 0 aliphatic carbocycles. The average Bonchev–Trinajstić information content (AvgIpc) is 3.61. The second-order valence-corrected chi connectivity index (χ2v) is 13.0. The number of carbonyl (C=O) groups is 1. The van der Waals surface area contributed by atoms with E-state index in [4.69, 9.17) is 18.9 Å². The van der Waals surface area contributed by atoms with Gasteiger partial charge in [0.25, 0.3) is 5.91 Å². The molecule has 1 spiro atoms. The van der Waals surface area contributed by atoms with E-state index in [2.05, 4.69) is 70.7 Å². The lowest BCUT2D eigenvalue weighted by molar-refractivity contribution is -0.278. The number of piperidine rings is 1. The summed E-state index contributed by atoms with van der Waals surface area (Å²) in [6.45, 7) is 6.57. The number of nitrogens with one attached hydrogen (secondary N) is 1. The largest absolute Gasteiger partial charge is 0.392 e. The summed E-state index contributed by atoms with van der Waals surface area (Å²) in [6, 6.07) is 28.1. The summed E-state index contributed by atoms with van der Waals surface area (Å²) in [5, 5.41) is 12.6. The van der Waals surface area contributed by atoms with Gasteiger partial charge in [0.05, 0.1) is 37.6 Å². The molecule has 3 aliphatic rings. The molecule has 9 nitrogen and oxygen atoms in total. The molecule has 3 fully saturated rings. The van der Waals surface area contributed by atoms with E-state index < -0.39 is 12.1 Å². The van der Waals surface area contributed by atoms with E-state index in [1.54, 1.807) is 24.5 Å². The summed E-state index contributed by atoms with van der Waals surface area (Å²) in [5.74, 6) is -0.453. The SMILES string of the molecule is C[C@H]1[C@@H](CN2CCC3(CC2)OCCO3)O[C@@H](c2ccc(-c3cccc(CNC(=O)c4cccnc4)c3)cc2)O[C@H]1c1ccc(CO)cc1. The number of carbonyl (C=O) groups excluding carboxylic acids is 1. The number of ether oxygens (including phenoxy) is 4. The average molecular weight is 650 g/mol. The Morgan fingerprint density at radius 1 is 0.896 bits per heavy atom. The first-order valence-corrected chi connectivity index (χ1v) is 16.9. The maximum absolute atomic E-state index is 12.5. The van der Waals surface area contributed by atoms with Gasteiger partial charge in [-0.2, -0.15) is 0 Å². The number of likely N-dealkylation sites (tertiary alicyclic amines) is 1. The van der Waals surface area contributed by atoms with Crippen LogP contribution in [0.1, 0.15) is 64.8 Å². The third-order valence-corrected chi connectivity index (χ3v) is 9.81. The van der Waals surface area contributed by atoms with Crippen molar-refractivity contribution in [2.45, 2.75) is 57.2 Å². The lowest BCUT2D eigenvalue weighted by Crippen LogP contribution is -2.50. The van der Waals surface area contributed by atoms with Gasteiger partial charge in [-0.25, -0.2) is 0 Å². The number of aromatic nitrogens is 1. The first kappa shape index (κ1) is 32.6. The molecule has 9 heteroatoms. The normalized spacial score (nSPS) is 24.0. The molecule has 2 N–H and O–H groups in total. The molecule has 0 unspecified atom stereocenters. The molecular formula is C39H43N3O6. The number of hydrogen-bond donors (Lipinski definition) is 2. The fourth-order valence-corrected chi connectivity index (χ4v) is 6.92. The molecule has 3 aromatic carbocycles. The Hall–Kier alpha value is -3.96. The molecule has 4 heterocycles. The molecule has 3 saturated heterocycles. The zero-order chi connectivity index (χ0) is 32.9. The van der Waals surface area contributed by atoms with E-state index in [0.29, 0.717) is 25.3 Å². The van der Waals surface area contributed by atoms with Gasteiger partial charge in [-0.3, -0.25) is 9.78 Å². The summed E-state index contributed by atoms with van der Waals surface area (Å²) in [4.78, 5) is 19.0. The second-order valence-electron chi connectivity index (χ2n) is 13.0. The number of aliphatic hydroxyl groups excluding tert-OH is 1. The van der Waals surface area contributed by atoms with Gasteiger partial charge in [0.15, 0.2) is 12.1 Å². The molecule has 7 rings (SSSR count). The lowest BCUT2D eigenvalue weighted by Gasteiger charge is -2.44. The van der Waals surface area contributed by atoms with E-state index in [9.17, 15) is 9.90 Å². The third-order valence-electron chi connectivity index (χ3n) is 9.81. The van der Waals surface area contributed by atoms with E-state index in [1.807, 2.05) is 24.3 Å². The van der Waals surface area contributed by atoms with Crippen LogP contribution >= 0.6 is 0 Å². The van der Waals surface area contributed by atoms with Crippen LogP contribution in [0, 0.1) is 5.92 Å². The van der Waals surface area contributed by atoms with Crippen LogP contribution in [0.3, 0.4) is 0 Å². The Morgan fingerprint density at radius 2 is 1.65 bits per heavy atom. The van der Waals surface area contributed by atoms with Crippen molar-refractivity contribution < 1.29 is 28.8 Å². The zero-order valence-corrected chi connectivity index (χ0v) is 27.3. The van der Waals surface area contributed by atoms with E-state index in [0.717, 1.165) is 65.9 Å². The number of aliphatic hydroxyl groups is 1. The highest BCUT2D eigenvalue weighted by atomic mass is 16.7. The predicted molar refractivity (Wildman–Crippen MR) is 181 cm³/mol. The quantitative estimate of drug-likeness (QED) is 0.235. The Balaban J connectivity index is 1.06. The standard InChI is InChI=1S/C39H43N3O6/c1-27-35(25-42-18-15-39(16-19-42)45-20-21-46-39)47-38(48-36(27)31-9-7-28(26-43)8-10-31)32-13-11-30(12-14-32)33-5-2-4-29(22-33)23-41-37(44)34-6-3-17-40-24-34/h2-14,17,22,24,27,35-36,38,43H,15-16,18-21,23,25-26H2,1H3,(H,41,44)/t27-,35+,36+,38+/m0/s1. The first-order chi connectivity index (χ1) is 23.5. The lowest BCUT2D eigenvalue weighted by atomic mass is 9.89. The summed E-state index contributed by atoms with van der Waals surface area (Å²) in [7, 11) is 0. The van der Waals surface area contributed by atoms with Crippen molar-refractivity contribution in [3.63, 3.8) is 0 Å². The Labute approximate surface area is 281 Å². The van der Waals surface area contributed by atoms with E-state index in [-0.39, 0.29) is 30.6 Å². The summed E-state index contributed by atoms with van der Waals surface area (Å²) >= 11 is 0. The number of rotatable bonds is 9. The van der Waals surface area contributed by atoms with Gasteiger partial charge < -0.3 is 34.3 Å². The van der Waals surface area contributed by atoms with Gasteiger partial charge in [-0.05, 0) is 46.0 Å². The predicted octanol–water partition coefficient (Wildman–Crippen LogP) is 5.80. The van der Waals surface area contributed by atoms with Gasteiger partial charge in [0.1, 0.15) is 0 Å². The molecule has 4 atom stereocenters. The summed E-state index contributed by atoms with van der Waals surface area (Å²) < 4.78 is 25.4. The number of nitrogens with zero attached hydrogens (tertiary/aromatic N) is 2. The van der Waals surface area contributed by atoms with Crippen LogP contribution in [-0.4, -0.2) is 65.6 Å². The van der Waals surface area contributed by atoms with Crippen molar-refractivity contribution in [2.75, 3.05) is 32.8 Å². The van der Waals surface area contributed by atoms with Crippen molar-refractivity contribution in [1.29, 1.82) is 0 Å². The monoisotopic (exact) mass is 649 g/mol. The second kappa shape index (κ2) is 14.7. The summed E-state index contributed by atoms with van der Waals surface area (Å²) in [6.07, 6.45) is 4.18. The van der Waals surface area contributed by atoms with Crippen LogP contribution in [0.4, 0.5) is 0 Å². The van der Waals surface area contributed by atoms with Crippen LogP contribution in [-0.2, 0) is 32.1 Å². The third kappa shape index (κ3) is 7.37. The zero-order valence-electron chi connectivity index (χ0n) is 27.3. The minimum atomic E-state index is -0.533. The van der Waals surface area contributed by atoms with Crippen LogP contribution < -0.4 is 5.32 Å². The van der Waals surface area contributed by atoms with E-state index >= 15 is 0 Å². The Bertz CT molecular complexity index is 1650. The van der Waals surface area contributed by atoms with Crippen LogP contribution in [0.2, 0.25) is 0 Å². The van der Waals surface area contributed by atoms with Gasteiger partial charge in [-0.15, -0.1) is 0 Å². The highest BCUT2D eigenvalue weighted by Crippen LogP contribution is 2.43. The van der Waals surface area contributed by atoms with Crippen molar-refractivity contribution in [3.05, 3.63) is 125 Å². The van der Waals surface area contributed by atoms with Gasteiger partial charge >= 0.3 is 0 Å². The van der Waals surface area contributed by atoms with E-state index in [1.165, 1.54) is 0 Å². The molecule has 1 aromatic heterocycles. The highest BCUT2D eigenvalue weighted by molar-refractivity contribution is 5.93. The number of benzene rings is 3. The molecule has 0 saturated carbocycles. The first-order valence-electron chi connectivity index (χ1n) is 16.9. The van der Waals surface area contributed by atoms with Gasteiger partial charge in [0.2, 0.25) is 0 Å². The maximum Gasteiger partial charge on any atom is 0.253 e. The smallest absolute Gasteiger partial charge is 0.253 e. The molecule has 1 amide bonds. The topological polar surface area (TPSA) is 102 Å². The van der Waals surface area contributed by atoms with Crippen LogP contribution in [0.15, 0.2) is 97.3 Å². The van der Waals surface area contributed by atoms with Crippen molar-refractivity contribution >= 4 is 5.91 Å². The maximum atomic E-state index is 12.5. The molecule has 250 valence electrons. The minimum absolute atomic E-state index is 0.00882. The molecule has 48 heavy (non-hydrogen) atoms. The molecule has 4 aromatic rings. The molecule has 0 bridgehead atoms. The van der Waals surface area contributed by atoms with Crippen molar-refractivity contribution in [2.24, 2.45) is 5.92 Å². The van der Waals surface area contributed by atoms with Crippen molar-refractivity contribution in [1.82, 2.24) is 15.2 Å². The Kier molecular flexibility index (Phi) is 9.95. The fraction of sp³-hybridized carbons (Fsp3) is 0.385. The van der Waals surface area contributed by atoms with Gasteiger partial charge in [0, 0.05) is 62.9 Å². The van der Waals surface area contributed by atoms with Crippen LogP contribution in [0.5, 0.6) is 0 Å². The Morgan fingerprint density at radius 3 is 2.35 bits per heavy atom. The fourth-order valence-electron chi connectivity index (χ4n) is 6.92. The molecule has 0 radical (unpaired) electrons. The number of pyridine rings is 1. The van der Waals surface area contributed by atoms with Crippen molar-refractivity contribution in [3.8, 4) is 11.1 Å². The van der Waals surface area contributed by atoms with Gasteiger partial charge in [-0.1, -0.05) is 73.7 Å². The minimum Gasteiger partial charge on any atom is -0.392 e. The number of amides is 1. The summed E-state index contributed by atoms with van der Waals surface area (Å²) in [5.41, 5.74) is 6.58.